The van der Waals surface area contributed by atoms with Gasteiger partial charge < -0.3 is 4.31 Å². The Morgan fingerprint density at radius 3 is 2.70 bits per heavy atom. The van der Waals surface area contributed by atoms with E-state index in [4.69, 9.17) is 0 Å². The summed E-state index contributed by atoms with van der Waals surface area (Å²) >= 11 is 4.56. The Balaban J connectivity index is 1.68. The Hall–Kier alpha value is -1.82. The second-order valence-corrected chi connectivity index (χ2v) is 7.06. The summed E-state index contributed by atoms with van der Waals surface area (Å²) in [6, 6.07) is 2.27. The zero-order valence-electron chi connectivity index (χ0n) is 13.1. The van der Waals surface area contributed by atoms with Gasteiger partial charge in [-0.15, -0.1) is 0 Å². The molecule has 0 spiro atoms. The highest BCUT2D eigenvalue weighted by atomic mass is 32.1. The third kappa shape index (κ3) is 2.65. The van der Waals surface area contributed by atoms with E-state index < -0.39 is 0 Å². The maximum Gasteiger partial charge on any atom is 0.142 e. The van der Waals surface area contributed by atoms with Crippen LogP contribution in [0.25, 0.3) is 0 Å². The summed E-state index contributed by atoms with van der Waals surface area (Å²) in [7, 11) is 1.94. The molecule has 1 saturated carbocycles. The van der Waals surface area contributed by atoms with Crippen molar-refractivity contribution in [2.45, 2.75) is 37.5 Å². The van der Waals surface area contributed by atoms with Crippen LogP contribution in [0.1, 0.15) is 54.2 Å². The molecule has 0 bridgehead atoms. The van der Waals surface area contributed by atoms with Gasteiger partial charge in [-0.2, -0.15) is 5.10 Å². The van der Waals surface area contributed by atoms with Crippen LogP contribution < -0.4 is 4.31 Å². The minimum Gasteiger partial charge on any atom is -0.302 e. The Kier molecular flexibility index (Phi) is 3.64. The van der Waals surface area contributed by atoms with Gasteiger partial charge in [0.05, 0.1) is 6.20 Å². The summed E-state index contributed by atoms with van der Waals surface area (Å²) in [4.78, 5) is 16.1. The molecule has 0 N–H and O–H groups in total. The maximum absolute atomic E-state index is 11.5. The van der Waals surface area contributed by atoms with Crippen LogP contribution in [0.4, 0.5) is 5.82 Å². The van der Waals surface area contributed by atoms with E-state index in [-0.39, 0.29) is 5.92 Å². The largest absolute Gasteiger partial charge is 0.302 e. The monoisotopic (exact) mass is 328 g/mol. The Bertz CT molecular complexity index is 747. The molecule has 6 heteroatoms. The van der Waals surface area contributed by atoms with Gasteiger partial charge >= 0.3 is 0 Å². The number of nitrogens with zero attached hydrogens (tertiary/aromatic N) is 4. The molecule has 0 radical (unpaired) electrons. The Morgan fingerprint density at radius 1 is 1.22 bits per heavy atom. The van der Waals surface area contributed by atoms with Gasteiger partial charge in [0.25, 0.3) is 0 Å². The molecule has 1 unspecified atom stereocenters. The van der Waals surface area contributed by atoms with Gasteiger partial charge in [0.2, 0.25) is 0 Å². The van der Waals surface area contributed by atoms with Gasteiger partial charge in [0, 0.05) is 50.3 Å². The van der Waals surface area contributed by atoms with Gasteiger partial charge in [0.15, 0.2) is 0 Å². The molecular formula is C17H20N4OS. The topological polar surface area (TPSA) is 51.0 Å². The molecule has 1 fully saturated rings. The standard InChI is InChI=1S/C17H20N4OS/c1-20-9-13(8-19-20)16-10-21(23)17-15(16)6-12(7-18-17)11-2-4-14(22)5-3-11/h6-9,11,16,23H,2-5,10H2,1H3. The lowest BCUT2D eigenvalue weighted by Gasteiger charge is -2.22. The fraction of sp³-hybridized carbons (Fsp3) is 0.471. The summed E-state index contributed by atoms with van der Waals surface area (Å²) < 4.78 is 3.75. The molecule has 2 aliphatic rings. The predicted molar refractivity (Wildman–Crippen MR) is 91.8 cm³/mol. The first-order chi connectivity index (χ1) is 11.1. The van der Waals surface area contributed by atoms with Crippen molar-refractivity contribution in [3.8, 4) is 0 Å². The van der Waals surface area contributed by atoms with Crippen molar-refractivity contribution >= 4 is 24.4 Å². The lowest BCUT2D eigenvalue weighted by Crippen LogP contribution is -2.13. The zero-order valence-corrected chi connectivity index (χ0v) is 14.0. The summed E-state index contributed by atoms with van der Waals surface area (Å²) in [6.07, 6.45) is 9.25. The molecule has 1 aliphatic heterocycles. The molecule has 1 aliphatic carbocycles. The molecule has 0 amide bonds. The average Bonchev–Trinajstić information content (AvgIpc) is 3.12. The molecule has 4 rings (SSSR count). The SMILES string of the molecule is Cn1cc(C2CN(S)c3ncc(C4CCC(=O)CC4)cc32)cn1. The molecule has 120 valence electrons. The summed E-state index contributed by atoms with van der Waals surface area (Å²) in [5.41, 5.74) is 3.68. The van der Waals surface area contributed by atoms with Gasteiger partial charge in [-0.05, 0) is 36.0 Å². The summed E-state index contributed by atoms with van der Waals surface area (Å²) in [6.45, 7) is 0.809. The minimum absolute atomic E-state index is 0.258. The smallest absolute Gasteiger partial charge is 0.142 e. The second kappa shape index (κ2) is 5.67. The van der Waals surface area contributed by atoms with Crippen molar-refractivity contribution in [2.24, 2.45) is 7.05 Å². The van der Waals surface area contributed by atoms with Crippen molar-refractivity contribution < 1.29 is 4.79 Å². The fourth-order valence-corrected chi connectivity index (χ4v) is 4.05. The van der Waals surface area contributed by atoms with Crippen molar-refractivity contribution in [2.75, 3.05) is 10.8 Å². The zero-order chi connectivity index (χ0) is 16.0. The van der Waals surface area contributed by atoms with Gasteiger partial charge in [-0.1, -0.05) is 12.8 Å². The molecule has 2 aromatic heterocycles. The molecule has 3 heterocycles. The maximum atomic E-state index is 11.5. The van der Waals surface area contributed by atoms with Crippen LogP contribution in [-0.4, -0.2) is 27.1 Å². The number of rotatable bonds is 2. The predicted octanol–water partition coefficient (Wildman–Crippen LogP) is 2.84. The highest BCUT2D eigenvalue weighted by molar-refractivity contribution is 7.81. The lowest BCUT2D eigenvalue weighted by atomic mass is 9.83. The molecule has 5 nitrogen and oxygen atoms in total. The van der Waals surface area contributed by atoms with E-state index in [0.717, 1.165) is 25.2 Å². The second-order valence-electron chi connectivity index (χ2n) is 6.58. The first kappa shape index (κ1) is 14.8. The number of Topliss-reactive ketones (excluding diaryl/α,β-unsaturated/α-hetero) is 1. The quantitative estimate of drug-likeness (QED) is 0.861. The third-order valence-corrected chi connectivity index (χ3v) is 5.39. The van der Waals surface area contributed by atoms with Crippen LogP contribution in [0, 0.1) is 0 Å². The third-order valence-electron chi connectivity index (χ3n) is 5.03. The number of anilines is 1. The van der Waals surface area contributed by atoms with E-state index in [1.54, 1.807) is 0 Å². The first-order valence-electron chi connectivity index (χ1n) is 8.08. The van der Waals surface area contributed by atoms with Crippen LogP contribution in [-0.2, 0) is 11.8 Å². The fourth-order valence-electron chi connectivity index (χ4n) is 3.72. The number of carbonyl (C=O) groups excluding carboxylic acids is 1. The number of thiol groups is 1. The van der Waals surface area contributed by atoms with Crippen molar-refractivity contribution in [1.82, 2.24) is 14.8 Å². The number of aryl methyl sites for hydroxylation is 1. The van der Waals surface area contributed by atoms with E-state index in [2.05, 4.69) is 35.2 Å². The Labute approximate surface area is 141 Å². The van der Waals surface area contributed by atoms with Crippen LogP contribution in [0.2, 0.25) is 0 Å². The van der Waals surface area contributed by atoms with Crippen molar-refractivity contribution in [3.63, 3.8) is 0 Å². The summed E-state index contributed by atoms with van der Waals surface area (Å²) in [5, 5.41) is 4.30. The molecule has 0 saturated heterocycles. The van der Waals surface area contributed by atoms with E-state index in [1.807, 2.05) is 28.4 Å². The first-order valence-corrected chi connectivity index (χ1v) is 8.48. The number of hydrogen-bond donors (Lipinski definition) is 1. The van der Waals surface area contributed by atoms with Crippen molar-refractivity contribution in [3.05, 3.63) is 41.3 Å². The number of fused-ring (bicyclic) bond motifs is 1. The number of aromatic nitrogens is 3. The minimum atomic E-state index is 0.258. The number of hydrogen-bond acceptors (Lipinski definition) is 5. The van der Waals surface area contributed by atoms with E-state index in [1.165, 1.54) is 16.7 Å². The van der Waals surface area contributed by atoms with E-state index in [9.17, 15) is 4.79 Å². The molecular weight excluding hydrogens is 308 g/mol. The van der Waals surface area contributed by atoms with Gasteiger partial charge in [-0.25, -0.2) is 4.98 Å². The van der Waals surface area contributed by atoms with E-state index in [0.29, 0.717) is 24.5 Å². The highest BCUT2D eigenvalue weighted by Gasteiger charge is 2.32. The molecule has 0 aromatic carbocycles. The van der Waals surface area contributed by atoms with Crippen LogP contribution in [0.3, 0.4) is 0 Å². The van der Waals surface area contributed by atoms with Gasteiger partial charge in [0.1, 0.15) is 11.6 Å². The number of pyridine rings is 1. The molecule has 1 atom stereocenters. The highest BCUT2D eigenvalue weighted by Crippen LogP contribution is 2.42. The number of ketones is 1. The number of carbonyl (C=O) groups is 1. The van der Waals surface area contributed by atoms with Crippen molar-refractivity contribution in [1.29, 1.82) is 0 Å². The Morgan fingerprint density at radius 2 is 2.00 bits per heavy atom. The van der Waals surface area contributed by atoms with Crippen LogP contribution >= 0.6 is 12.8 Å². The molecule has 2 aromatic rings. The lowest BCUT2D eigenvalue weighted by molar-refractivity contribution is -0.120. The van der Waals surface area contributed by atoms with Crippen LogP contribution in [0.15, 0.2) is 24.7 Å². The van der Waals surface area contributed by atoms with Gasteiger partial charge in [-0.3, -0.25) is 9.48 Å². The normalized spacial score (nSPS) is 21.7. The van der Waals surface area contributed by atoms with Crippen LogP contribution in [0.5, 0.6) is 0 Å². The summed E-state index contributed by atoms with van der Waals surface area (Å²) in [5.74, 6) is 2.05. The molecule has 23 heavy (non-hydrogen) atoms. The van der Waals surface area contributed by atoms with E-state index >= 15 is 0 Å². The average molecular weight is 328 g/mol.